The Kier molecular flexibility index (Phi) is 5.49. The number of rotatable bonds is 5. The van der Waals surface area contributed by atoms with E-state index in [1.54, 1.807) is 36.4 Å². The molecule has 1 N–H and O–H groups in total. The Bertz CT molecular complexity index is 859. The lowest BCUT2D eigenvalue weighted by molar-refractivity contribution is 0.0955. The molecule has 25 heavy (non-hydrogen) atoms. The summed E-state index contributed by atoms with van der Waals surface area (Å²) in [6.45, 7) is 0.264. The maximum Gasteiger partial charge on any atom is 0.271 e. The van der Waals surface area contributed by atoms with Crippen LogP contribution in [0.4, 0.5) is 0 Å². The maximum absolute atomic E-state index is 11.8. The molecule has 0 unspecified atom stereocenters. The number of amides is 1. The number of hydrazone groups is 1. The Morgan fingerprint density at radius 1 is 1.08 bits per heavy atom. The molecule has 0 saturated heterocycles. The Morgan fingerprint density at radius 2 is 1.96 bits per heavy atom. The van der Waals surface area contributed by atoms with Gasteiger partial charge in [-0.1, -0.05) is 42.0 Å². The van der Waals surface area contributed by atoms with Crippen LogP contribution in [0.1, 0.15) is 15.9 Å². The number of ether oxygens (including phenoxy) is 2. The predicted molar refractivity (Wildman–Crippen MR) is 98.1 cm³/mol. The van der Waals surface area contributed by atoms with Crippen molar-refractivity contribution in [3.05, 3.63) is 76.8 Å². The maximum atomic E-state index is 11.8. The lowest BCUT2D eigenvalue weighted by Crippen LogP contribution is -2.17. The second-order valence-corrected chi connectivity index (χ2v) is 5.52. The van der Waals surface area contributed by atoms with Crippen LogP contribution < -0.4 is 14.9 Å². The number of carbonyl (C=O) groups is 1. The van der Waals surface area contributed by atoms with Gasteiger partial charge in [0.2, 0.25) is 6.79 Å². The van der Waals surface area contributed by atoms with E-state index in [4.69, 9.17) is 21.1 Å². The molecule has 0 aliphatic carbocycles. The molecule has 0 bridgehead atoms. The Morgan fingerprint density at radius 3 is 2.84 bits per heavy atom. The van der Waals surface area contributed by atoms with Crippen LogP contribution in [0.2, 0.25) is 5.02 Å². The first-order chi connectivity index (χ1) is 12.2. The van der Waals surface area contributed by atoms with Crippen molar-refractivity contribution in [3.63, 3.8) is 0 Å². The molecule has 2 aromatic carbocycles. The van der Waals surface area contributed by atoms with E-state index >= 15 is 0 Å². The van der Waals surface area contributed by atoms with E-state index in [1.165, 1.54) is 6.21 Å². The van der Waals surface area contributed by atoms with Gasteiger partial charge in [-0.25, -0.2) is 5.43 Å². The molecular weight excluding hydrogens is 340 g/mol. The summed E-state index contributed by atoms with van der Waals surface area (Å²) in [6, 6.07) is 12.4. The number of nitrogens with zero attached hydrogens (tertiary/aromatic N) is 1. The number of allylic oxidation sites excluding steroid dienone is 3. The first-order valence-electron chi connectivity index (χ1n) is 7.54. The van der Waals surface area contributed by atoms with Crippen LogP contribution in [0.5, 0.6) is 11.5 Å². The molecule has 2 aromatic rings. The van der Waals surface area contributed by atoms with Crippen LogP contribution in [0.15, 0.2) is 65.8 Å². The molecule has 0 radical (unpaired) electrons. The van der Waals surface area contributed by atoms with Crippen LogP contribution in [-0.4, -0.2) is 18.9 Å². The number of carbonyl (C=O) groups excluding carboxylic acids is 1. The topological polar surface area (TPSA) is 59.9 Å². The quantitative estimate of drug-likeness (QED) is 0.500. The average Bonchev–Trinajstić information content (AvgIpc) is 3.08. The summed E-state index contributed by atoms with van der Waals surface area (Å²) in [5, 5.41) is 4.35. The number of benzene rings is 2. The molecular formula is C19H15ClN2O3. The lowest BCUT2D eigenvalue weighted by atomic mass is 10.2. The van der Waals surface area contributed by atoms with E-state index in [1.807, 2.05) is 30.4 Å². The SMILES string of the molecule is O=C(N/N=C/C=C/C=C/c1ccc2c(c1)OCO2)c1cccc(Cl)c1. The van der Waals surface area contributed by atoms with Gasteiger partial charge < -0.3 is 9.47 Å². The molecule has 0 spiro atoms. The van der Waals surface area contributed by atoms with Crippen LogP contribution in [0, 0.1) is 0 Å². The highest BCUT2D eigenvalue weighted by Gasteiger charge is 2.11. The van der Waals surface area contributed by atoms with Crippen LogP contribution in [0.25, 0.3) is 6.08 Å². The van der Waals surface area contributed by atoms with Crippen LogP contribution in [-0.2, 0) is 0 Å². The van der Waals surface area contributed by atoms with Crippen molar-refractivity contribution < 1.29 is 14.3 Å². The summed E-state index contributed by atoms with van der Waals surface area (Å²) in [7, 11) is 0. The average molecular weight is 355 g/mol. The fraction of sp³-hybridized carbons (Fsp3) is 0.0526. The van der Waals surface area contributed by atoms with E-state index in [0.29, 0.717) is 10.6 Å². The van der Waals surface area contributed by atoms with Gasteiger partial charge in [0.15, 0.2) is 11.5 Å². The van der Waals surface area contributed by atoms with Gasteiger partial charge in [-0.05, 0) is 42.0 Å². The largest absolute Gasteiger partial charge is 0.454 e. The monoisotopic (exact) mass is 354 g/mol. The standard InChI is InChI=1S/C19H15ClN2O3/c20-16-7-4-6-15(12-16)19(23)22-21-10-3-1-2-5-14-8-9-17-18(11-14)25-13-24-17/h1-12H,13H2,(H,22,23)/b3-1+,5-2+,21-10+. The van der Waals surface area contributed by atoms with E-state index < -0.39 is 0 Å². The number of fused-ring (bicyclic) bond motifs is 1. The van der Waals surface area contributed by atoms with E-state index in [2.05, 4.69) is 10.5 Å². The zero-order chi connectivity index (χ0) is 17.5. The molecule has 0 atom stereocenters. The minimum absolute atomic E-state index is 0.264. The second-order valence-electron chi connectivity index (χ2n) is 5.09. The lowest BCUT2D eigenvalue weighted by Gasteiger charge is -1.99. The number of hydrogen-bond donors (Lipinski definition) is 1. The van der Waals surface area contributed by atoms with Crippen LogP contribution in [0.3, 0.4) is 0 Å². The van der Waals surface area contributed by atoms with Gasteiger partial charge in [0.1, 0.15) is 0 Å². The molecule has 3 rings (SSSR count). The first-order valence-corrected chi connectivity index (χ1v) is 7.92. The molecule has 1 aliphatic rings. The smallest absolute Gasteiger partial charge is 0.271 e. The summed E-state index contributed by atoms with van der Waals surface area (Å²) >= 11 is 5.84. The van der Waals surface area contributed by atoms with E-state index in [0.717, 1.165) is 17.1 Å². The van der Waals surface area contributed by atoms with Gasteiger partial charge >= 0.3 is 0 Å². The fourth-order valence-corrected chi connectivity index (χ4v) is 2.32. The third kappa shape index (κ3) is 4.71. The molecule has 5 nitrogen and oxygen atoms in total. The van der Waals surface area contributed by atoms with Gasteiger partial charge in [-0.15, -0.1) is 0 Å². The molecule has 1 heterocycles. The minimum Gasteiger partial charge on any atom is -0.454 e. The highest BCUT2D eigenvalue weighted by atomic mass is 35.5. The van der Waals surface area contributed by atoms with E-state index in [-0.39, 0.29) is 12.7 Å². The molecule has 0 fully saturated rings. The molecule has 126 valence electrons. The van der Waals surface area contributed by atoms with Gasteiger partial charge in [0.05, 0.1) is 0 Å². The fourth-order valence-electron chi connectivity index (χ4n) is 2.13. The number of nitrogens with one attached hydrogen (secondary N) is 1. The van der Waals surface area contributed by atoms with Gasteiger partial charge in [-0.2, -0.15) is 5.10 Å². The van der Waals surface area contributed by atoms with Crippen molar-refractivity contribution in [3.8, 4) is 11.5 Å². The molecule has 1 amide bonds. The van der Waals surface area contributed by atoms with E-state index in [9.17, 15) is 4.79 Å². The van der Waals surface area contributed by atoms with Crippen molar-refractivity contribution >= 4 is 29.8 Å². The second kappa shape index (κ2) is 8.17. The van der Waals surface area contributed by atoms with Crippen LogP contribution >= 0.6 is 11.6 Å². The number of hydrogen-bond acceptors (Lipinski definition) is 4. The molecule has 0 aromatic heterocycles. The van der Waals surface area contributed by atoms with Crippen molar-refractivity contribution in [2.45, 2.75) is 0 Å². The minimum atomic E-state index is -0.317. The van der Waals surface area contributed by atoms with Gasteiger partial charge in [0, 0.05) is 16.8 Å². The molecule has 0 saturated carbocycles. The summed E-state index contributed by atoms with van der Waals surface area (Å²) in [6.07, 6.45) is 8.80. The van der Waals surface area contributed by atoms with Crippen molar-refractivity contribution in [2.24, 2.45) is 5.10 Å². The summed E-state index contributed by atoms with van der Waals surface area (Å²) in [4.78, 5) is 11.8. The zero-order valence-corrected chi connectivity index (χ0v) is 13.9. The van der Waals surface area contributed by atoms with Gasteiger partial charge in [-0.3, -0.25) is 4.79 Å². The van der Waals surface area contributed by atoms with Gasteiger partial charge in [0.25, 0.3) is 5.91 Å². The summed E-state index contributed by atoms with van der Waals surface area (Å²) < 4.78 is 10.6. The third-order valence-corrected chi connectivity index (χ3v) is 3.56. The highest BCUT2D eigenvalue weighted by Crippen LogP contribution is 2.32. The summed E-state index contributed by atoms with van der Waals surface area (Å²) in [5.74, 6) is 1.19. The summed E-state index contributed by atoms with van der Waals surface area (Å²) in [5.41, 5.74) is 3.88. The third-order valence-electron chi connectivity index (χ3n) is 3.32. The predicted octanol–water partition coefficient (Wildman–Crippen LogP) is 4.05. The Hall–Kier alpha value is -3.05. The van der Waals surface area contributed by atoms with Crippen molar-refractivity contribution in [1.29, 1.82) is 0 Å². The number of halogens is 1. The molecule has 1 aliphatic heterocycles. The zero-order valence-electron chi connectivity index (χ0n) is 13.2. The normalized spacial score (nSPS) is 13.2. The highest BCUT2D eigenvalue weighted by molar-refractivity contribution is 6.30. The Labute approximate surface area is 150 Å². The molecule has 6 heteroatoms. The first kappa shape index (κ1) is 16.8. The van der Waals surface area contributed by atoms with Crippen molar-refractivity contribution in [1.82, 2.24) is 5.43 Å². The Balaban J connectivity index is 1.48. The van der Waals surface area contributed by atoms with Crippen molar-refractivity contribution in [2.75, 3.05) is 6.79 Å².